The molecule has 0 unspecified atom stereocenters. The van der Waals surface area contributed by atoms with Crippen molar-refractivity contribution >= 4 is 17.3 Å². The van der Waals surface area contributed by atoms with Crippen LogP contribution in [0.2, 0.25) is 0 Å². The molecule has 0 bridgehead atoms. The van der Waals surface area contributed by atoms with Crippen LogP contribution in [0.15, 0.2) is 34.7 Å². The predicted octanol–water partition coefficient (Wildman–Crippen LogP) is 3.43. The first kappa shape index (κ1) is 17.9. The molecule has 1 aromatic carbocycles. The molecule has 3 rings (SSSR count). The number of piperidine rings is 1. The second-order valence-electron chi connectivity index (χ2n) is 6.23. The highest BCUT2D eigenvalue weighted by molar-refractivity contribution is 6.02. The fourth-order valence-corrected chi connectivity index (χ4v) is 2.99. The minimum absolute atomic E-state index is 0.162. The number of hydrogen-bond donors (Lipinski definition) is 1. The number of nitrogens with one attached hydrogen (secondary N) is 1. The van der Waals surface area contributed by atoms with Crippen LogP contribution in [0, 0.1) is 10.1 Å². The van der Waals surface area contributed by atoms with Crippen molar-refractivity contribution in [2.45, 2.75) is 25.8 Å². The first-order valence-corrected chi connectivity index (χ1v) is 8.51. The van der Waals surface area contributed by atoms with Gasteiger partial charge in [-0.1, -0.05) is 6.42 Å². The zero-order chi connectivity index (χ0) is 18.5. The molecule has 8 nitrogen and oxygen atoms in total. The van der Waals surface area contributed by atoms with E-state index in [1.54, 1.807) is 12.1 Å². The highest BCUT2D eigenvalue weighted by atomic mass is 16.6. The average Bonchev–Trinajstić information content (AvgIpc) is 3.11. The van der Waals surface area contributed by atoms with Crippen molar-refractivity contribution in [3.63, 3.8) is 0 Å². The van der Waals surface area contributed by atoms with E-state index < -0.39 is 10.8 Å². The normalized spacial score (nSPS) is 14.8. The summed E-state index contributed by atoms with van der Waals surface area (Å²) in [6.07, 6.45) is 3.63. The number of nitro groups is 1. The molecule has 1 aromatic heterocycles. The number of amides is 1. The molecule has 138 valence electrons. The van der Waals surface area contributed by atoms with Gasteiger partial charge in [0.15, 0.2) is 5.76 Å². The lowest BCUT2D eigenvalue weighted by atomic mass is 10.1. The summed E-state index contributed by atoms with van der Waals surface area (Å²) in [4.78, 5) is 25.1. The van der Waals surface area contributed by atoms with Crippen molar-refractivity contribution < 1.29 is 18.9 Å². The quantitative estimate of drug-likeness (QED) is 0.627. The van der Waals surface area contributed by atoms with Gasteiger partial charge in [-0.3, -0.25) is 19.8 Å². The van der Waals surface area contributed by atoms with Gasteiger partial charge in [0.05, 0.1) is 30.3 Å². The number of hydrogen-bond acceptors (Lipinski definition) is 6. The Hall–Kier alpha value is -2.87. The standard InChI is InChI=1S/C18H21N3O5/c1-25-16-10-13(9-14(11-16)21(23)24)19-18(22)17-6-5-15(26-17)12-20-7-3-2-4-8-20/h5-6,9-11H,2-4,7-8,12H2,1H3,(H,19,22). The molecule has 0 aliphatic carbocycles. The lowest BCUT2D eigenvalue weighted by molar-refractivity contribution is -0.384. The number of furan rings is 1. The van der Waals surface area contributed by atoms with Gasteiger partial charge in [-0.15, -0.1) is 0 Å². The number of benzene rings is 1. The third kappa shape index (κ3) is 4.40. The molecule has 0 saturated carbocycles. The zero-order valence-electron chi connectivity index (χ0n) is 14.6. The molecule has 1 aliphatic heterocycles. The number of carbonyl (C=O) groups is 1. The summed E-state index contributed by atoms with van der Waals surface area (Å²) in [5.74, 6) is 0.730. The molecule has 1 saturated heterocycles. The second kappa shape index (κ2) is 8.01. The number of rotatable bonds is 6. The van der Waals surface area contributed by atoms with Crippen LogP contribution in [-0.2, 0) is 6.54 Å². The van der Waals surface area contributed by atoms with Gasteiger partial charge in [-0.05, 0) is 38.1 Å². The van der Waals surface area contributed by atoms with Gasteiger partial charge in [-0.2, -0.15) is 0 Å². The molecule has 2 heterocycles. The summed E-state index contributed by atoms with van der Waals surface area (Å²) < 4.78 is 10.7. The third-order valence-electron chi connectivity index (χ3n) is 4.31. The SMILES string of the molecule is COc1cc(NC(=O)c2ccc(CN3CCCCC3)o2)cc([N+](=O)[O-])c1. The Kier molecular flexibility index (Phi) is 5.52. The number of nitro benzene ring substituents is 1. The molecule has 2 aromatic rings. The molecule has 0 radical (unpaired) electrons. The predicted molar refractivity (Wildman–Crippen MR) is 95.4 cm³/mol. The lowest BCUT2D eigenvalue weighted by Gasteiger charge is -2.25. The minimum Gasteiger partial charge on any atom is -0.496 e. The zero-order valence-corrected chi connectivity index (χ0v) is 14.6. The lowest BCUT2D eigenvalue weighted by Crippen LogP contribution is -2.28. The third-order valence-corrected chi connectivity index (χ3v) is 4.31. The maximum absolute atomic E-state index is 12.4. The van der Waals surface area contributed by atoms with E-state index in [4.69, 9.17) is 9.15 Å². The van der Waals surface area contributed by atoms with Crippen LogP contribution < -0.4 is 10.1 Å². The van der Waals surface area contributed by atoms with Crippen LogP contribution in [-0.4, -0.2) is 35.9 Å². The van der Waals surface area contributed by atoms with E-state index in [-0.39, 0.29) is 17.1 Å². The van der Waals surface area contributed by atoms with Crippen LogP contribution in [0.5, 0.6) is 5.75 Å². The fourth-order valence-electron chi connectivity index (χ4n) is 2.99. The summed E-state index contributed by atoms with van der Waals surface area (Å²) in [5, 5.41) is 13.6. The average molecular weight is 359 g/mol. The molecule has 0 atom stereocenters. The van der Waals surface area contributed by atoms with Gasteiger partial charge in [0.25, 0.3) is 11.6 Å². The van der Waals surface area contributed by atoms with E-state index in [2.05, 4.69) is 10.2 Å². The van der Waals surface area contributed by atoms with Gasteiger partial charge < -0.3 is 14.5 Å². The van der Waals surface area contributed by atoms with E-state index in [0.29, 0.717) is 12.3 Å². The Bertz CT molecular complexity index is 796. The largest absolute Gasteiger partial charge is 0.496 e. The Labute approximate surface area is 150 Å². The van der Waals surface area contributed by atoms with Gasteiger partial charge in [-0.25, -0.2) is 0 Å². The number of non-ortho nitro benzene ring substituents is 1. The summed E-state index contributed by atoms with van der Waals surface area (Å²) in [6.45, 7) is 2.75. The fraction of sp³-hybridized carbons (Fsp3) is 0.389. The molecular weight excluding hydrogens is 338 g/mol. The Morgan fingerprint density at radius 2 is 2.04 bits per heavy atom. The van der Waals surface area contributed by atoms with Crippen molar-refractivity contribution in [1.29, 1.82) is 0 Å². The highest BCUT2D eigenvalue weighted by Gasteiger charge is 2.17. The van der Waals surface area contributed by atoms with Gasteiger partial charge in [0.2, 0.25) is 0 Å². The number of nitrogens with zero attached hydrogens (tertiary/aromatic N) is 2. The van der Waals surface area contributed by atoms with Crippen molar-refractivity contribution in [2.24, 2.45) is 0 Å². The van der Waals surface area contributed by atoms with Crippen LogP contribution in [0.1, 0.15) is 35.6 Å². The van der Waals surface area contributed by atoms with Crippen molar-refractivity contribution in [3.8, 4) is 5.75 Å². The molecular formula is C18H21N3O5. The summed E-state index contributed by atoms with van der Waals surface area (Å²) in [7, 11) is 1.41. The molecule has 8 heteroatoms. The Balaban J connectivity index is 1.68. The Morgan fingerprint density at radius 1 is 1.27 bits per heavy atom. The van der Waals surface area contributed by atoms with Crippen LogP contribution >= 0.6 is 0 Å². The van der Waals surface area contributed by atoms with E-state index >= 15 is 0 Å². The monoisotopic (exact) mass is 359 g/mol. The number of ether oxygens (including phenoxy) is 1. The van der Waals surface area contributed by atoms with E-state index in [0.717, 1.165) is 18.8 Å². The van der Waals surface area contributed by atoms with Crippen molar-refractivity contribution in [1.82, 2.24) is 4.90 Å². The molecule has 1 N–H and O–H groups in total. The number of anilines is 1. The number of methoxy groups -OCH3 is 1. The molecule has 1 fully saturated rings. The van der Waals surface area contributed by atoms with E-state index in [9.17, 15) is 14.9 Å². The highest BCUT2D eigenvalue weighted by Crippen LogP contribution is 2.26. The summed E-state index contributed by atoms with van der Waals surface area (Å²) in [6, 6.07) is 7.49. The topological polar surface area (TPSA) is 97.8 Å². The minimum atomic E-state index is -0.540. The first-order chi connectivity index (χ1) is 12.5. The van der Waals surface area contributed by atoms with E-state index in [1.807, 2.05) is 0 Å². The molecule has 0 spiro atoms. The van der Waals surface area contributed by atoms with Crippen LogP contribution in [0.4, 0.5) is 11.4 Å². The van der Waals surface area contributed by atoms with Crippen molar-refractivity contribution in [2.75, 3.05) is 25.5 Å². The molecule has 1 aliphatic rings. The van der Waals surface area contributed by atoms with E-state index in [1.165, 1.54) is 44.6 Å². The number of likely N-dealkylation sites (tertiary alicyclic amines) is 1. The van der Waals surface area contributed by atoms with Crippen LogP contribution in [0.25, 0.3) is 0 Å². The maximum Gasteiger partial charge on any atom is 0.291 e. The number of carbonyl (C=O) groups excluding carboxylic acids is 1. The van der Waals surface area contributed by atoms with Crippen molar-refractivity contribution in [3.05, 3.63) is 52.0 Å². The smallest absolute Gasteiger partial charge is 0.291 e. The first-order valence-electron chi connectivity index (χ1n) is 8.51. The summed E-state index contributed by atoms with van der Waals surface area (Å²) >= 11 is 0. The van der Waals surface area contributed by atoms with Crippen LogP contribution in [0.3, 0.4) is 0 Å². The second-order valence-corrected chi connectivity index (χ2v) is 6.23. The molecule has 1 amide bonds. The van der Waals surface area contributed by atoms with Gasteiger partial charge in [0.1, 0.15) is 11.5 Å². The Morgan fingerprint density at radius 3 is 2.73 bits per heavy atom. The van der Waals surface area contributed by atoms with Gasteiger partial charge in [0, 0.05) is 12.1 Å². The molecule has 26 heavy (non-hydrogen) atoms. The van der Waals surface area contributed by atoms with Gasteiger partial charge >= 0.3 is 0 Å². The maximum atomic E-state index is 12.4. The summed E-state index contributed by atoms with van der Waals surface area (Å²) in [5.41, 5.74) is 0.111.